The first-order valence-electron chi connectivity index (χ1n) is 7.08. The predicted octanol–water partition coefficient (Wildman–Crippen LogP) is 4.42. The fourth-order valence-corrected chi connectivity index (χ4v) is 4.02. The summed E-state index contributed by atoms with van der Waals surface area (Å²) in [6.07, 6.45) is 7.25. The smallest absolute Gasteiger partial charge is 0.187 e. The Morgan fingerprint density at radius 3 is 2.75 bits per heavy atom. The van der Waals surface area contributed by atoms with Gasteiger partial charge in [-0.05, 0) is 59.5 Å². The number of hydrogen-bond donors (Lipinski definition) is 2. The summed E-state index contributed by atoms with van der Waals surface area (Å²) in [5, 5.41) is 8.44. The van der Waals surface area contributed by atoms with E-state index in [1.807, 2.05) is 6.07 Å². The maximum atomic E-state index is 5.32. The molecule has 1 aliphatic carbocycles. The Balaban J connectivity index is 1.87. The Morgan fingerprint density at radius 1 is 1.40 bits per heavy atom. The molecule has 1 saturated carbocycles. The Labute approximate surface area is 138 Å². The minimum atomic E-state index is 0.514. The molecule has 0 amide bonds. The molecule has 2 rings (SSSR count). The maximum Gasteiger partial charge on any atom is 0.187 e. The second-order valence-electron chi connectivity index (χ2n) is 4.94. The van der Waals surface area contributed by atoms with E-state index in [0.717, 1.165) is 15.9 Å². The number of hydrogen-bond acceptors (Lipinski definition) is 3. The zero-order chi connectivity index (χ0) is 14.4. The summed E-state index contributed by atoms with van der Waals surface area (Å²) < 4.78 is 1.12. The van der Waals surface area contributed by atoms with Gasteiger partial charge in [-0.3, -0.25) is 5.43 Å². The lowest BCUT2D eigenvalue weighted by Gasteiger charge is -2.23. The first-order chi connectivity index (χ1) is 9.69. The monoisotopic (exact) mass is 373 g/mol. The van der Waals surface area contributed by atoms with Crippen LogP contribution in [0, 0.1) is 0 Å². The summed E-state index contributed by atoms with van der Waals surface area (Å²) in [7, 11) is 0. The van der Waals surface area contributed by atoms with E-state index in [0.29, 0.717) is 11.2 Å². The molecular formula is C14H20BrN3S2. The number of nitrogens with zero attached hydrogens (tertiary/aromatic N) is 1. The molecule has 110 valence electrons. The highest BCUT2D eigenvalue weighted by atomic mass is 79.9. The van der Waals surface area contributed by atoms with Crippen LogP contribution < -0.4 is 10.7 Å². The number of thiocarbonyl (C=S) groups is 1. The summed E-state index contributed by atoms with van der Waals surface area (Å²) in [6.45, 7) is 2.10. The summed E-state index contributed by atoms with van der Waals surface area (Å²) in [5.41, 5.74) is 4.02. The molecule has 0 spiro atoms. The van der Waals surface area contributed by atoms with Gasteiger partial charge in [0.15, 0.2) is 5.11 Å². The second kappa shape index (κ2) is 8.10. The Morgan fingerprint density at radius 2 is 2.15 bits per heavy atom. The van der Waals surface area contributed by atoms with E-state index in [2.05, 4.69) is 44.8 Å². The van der Waals surface area contributed by atoms with Crippen LogP contribution in [0.25, 0.3) is 0 Å². The summed E-state index contributed by atoms with van der Waals surface area (Å²) in [6, 6.07) is 4.64. The molecule has 1 aromatic rings. The van der Waals surface area contributed by atoms with Crippen molar-refractivity contribution in [1.29, 1.82) is 0 Å². The van der Waals surface area contributed by atoms with Gasteiger partial charge in [-0.15, -0.1) is 11.3 Å². The highest BCUT2D eigenvalue weighted by Gasteiger charge is 2.13. The third kappa shape index (κ3) is 4.82. The van der Waals surface area contributed by atoms with Gasteiger partial charge < -0.3 is 5.32 Å². The van der Waals surface area contributed by atoms with Crippen molar-refractivity contribution in [2.45, 2.75) is 51.5 Å². The Kier molecular flexibility index (Phi) is 6.45. The molecule has 1 heterocycles. The number of nitrogens with one attached hydrogen (secondary N) is 2. The average Bonchev–Trinajstić information content (AvgIpc) is 2.87. The van der Waals surface area contributed by atoms with Gasteiger partial charge in [-0.2, -0.15) is 5.10 Å². The molecule has 0 aliphatic heterocycles. The van der Waals surface area contributed by atoms with Gasteiger partial charge in [0.05, 0.1) is 14.4 Å². The van der Waals surface area contributed by atoms with Crippen LogP contribution in [0.1, 0.15) is 50.3 Å². The fourth-order valence-electron chi connectivity index (χ4n) is 2.36. The maximum absolute atomic E-state index is 5.32. The molecule has 2 N–H and O–H groups in total. The van der Waals surface area contributed by atoms with Crippen molar-refractivity contribution in [1.82, 2.24) is 10.7 Å². The molecule has 6 heteroatoms. The van der Waals surface area contributed by atoms with Gasteiger partial charge in [0.2, 0.25) is 0 Å². The number of hydrazone groups is 1. The SMILES string of the molecule is CC/C(=N\NC(=S)NC1CCCCC1)c1ccc(Br)s1. The summed E-state index contributed by atoms with van der Waals surface area (Å²) in [5.74, 6) is 0. The molecule has 3 nitrogen and oxygen atoms in total. The van der Waals surface area contributed by atoms with Crippen LogP contribution in [0.4, 0.5) is 0 Å². The summed E-state index contributed by atoms with van der Waals surface area (Å²) in [4.78, 5) is 1.17. The van der Waals surface area contributed by atoms with Gasteiger partial charge in [0.1, 0.15) is 0 Å². The second-order valence-corrected chi connectivity index (χ2v) is 7.81. The zero-order valence-electron chi connectivity index (χ0n) is 11.6. The van der Waals surface area contributed by atoms with E-state index in [9.17, 15) is 0 Å². The van der Waals surface area contributed by atoms with Crippen molar-refractivity contribution in [3.8, 4) is 0 Å². The van der Waals surface area contributed by atoms with Crippen molar-refractivity contribution in [3.63, 3.8) is 0 Å². The minimum Gasteiger partial charge on any atom is -0.359 e. The van der Waals surface area contributed by atoms with Crippen LogP contribution in [-0.2, 0) is 0 Å². The largest absolute Gasteiger partial charge is 0.359 e. The van der Waals surface area contributed by atoms with Crippen LogP contribution in [0.2, 0.25) is 0 Å². The molecule has 0 radical (unpaired) electrons. The standard InChI is InChI=1S/C14H20BrN3S2/c1-2-11(12-8-9-13(15)20-12)17-18-14(19)16-10-6-4-3-5-7-10/h8-10H,2-7H2,1H3,(H2,16,18,19)/b17-11+. The van der Waals surface area contributed by atoms with Crippen LogP contribution in [-0.4, -0.2) is 16.9 Å². The van der Waals surface area contributed by atoms with Crippen LogP contribution in [0.15, 0.2) is 21.0 Å². The lowest BCUT2D eigenvalue weighted by molar-refractivity contribution is 0.412. The molecule has 0 aromatic carbocycles. The van der Waals surface area contributed by atoms with Gasteiger partial charge in [0.25, 0.3) is 0 Å². The highest BCUT2D eigenvalue weighted by Crippen LogP contribution is 2.23. The van der Waals surface area contributed by atoms with Crippen LogP contribution in [0.3, 0.4) is 0 Å². The van der Waals surface area contributed by atoms with Gasteiger partial charge in [0, 0.05) is 6.04 Å². The van der Waals surface area contributed by atoms with E-state index in [1.165, 1.54) is 37.0 Å². The Hall–Kier alpha value is -0.460. The van der Waals surface area contributed by atoms with Crippen molar-refractivity contribution < 1.29 is 0 Å². The number of rotatable bonds is 4. The Bertz CT molecular complexity index is 479. The average molecular weight is 374 g/mol. The van der Waals surface area contributed by atoms with Gasteiger partial charge in [-0.1, -0.05) is 26.2 Å². The third-order valence-corrected chi connectivity index (χ3v) is 5.31. The van der Waals surface area contributed by atoms with E-state index in [-0.39, 0.29) is 0 Å². The third-order valence-electron chi connectivity index (χ3n) is 3.43. The molecule has 0 atom stereocenters. The minimum absolute atomic E-state index is 0.514. The first kappa shape index (κ1) is 15.9. The molecule has 1 aliphatic rings. The fraction of sp³-hybridized carbons (Fsp3) is 0.571. The molecule has 20 heavy (non-hydrogen) atoms. The highest BCUT2D eigenvalue weighted by molar-refractivity contribution is 9.11. The molecule has 1 aromatic heterocycles. The first-order valence-corrected chi connectivity index (χ1v) is 9.09. The normalized spacial score (nSPS) is 17.0. The van der Waals surface area contributed by atoms with E-state index >= 15 is 0 Å². The molecule has 0 unspecified atom stereocenters. The topological polar surface area (TPSA) is 36.4 Å². The molecule has 1 fully saturated rings. The van der Waals surface area contributed by atoms with Gasteiger partial charge >= 0.3 is 0 Å². The van der Waals surface area contributed by atoms with Crippen molar-refractivity contribution in [3.05, 3.63) is 20.8 Å². The van der Waals surface area contributed by atoms with Crippen molar-refractivity contribution >= 4 is 50.3 Å². The number of halogens is 1. The number of thiophene rings is 1. The lowest BCUT2D eigenvalue weighted by Crippen LogP contribution is -2.41. The van der Waals surface area contributed by atoms with Gasteiger partial charge in [-0.25, -0.2) is 0 Å². The van der Waals surface area contributed by atoms with Crippen LogP contribution >= 0.6 is 39.5 Å². The molecule has 0 saturated heterocycles. The predicted molar refractivity (Wildman–Crippen MR) is 94.6 cm³/mol. The molecular weight excluding hydrogens is 354 g/mol. The summed E-state index contributed by atoms with van der Waals surface area (Å²) >= 11 is 10.5. The quantitative estimate of drug-likeness (QED) is 0.465. The van der Waals surface area contributed by atoms with E-state index < -0.39 is 0 Å². The van der Waals surface area contributed by atoms with Crippen LogP contribution in [0.5, 0.6) is 0 Å². The lowest BCUT2D eigenvalue weighted by atomic mass is 9.96. The zero-order valence-corrected chi connectivity index (χ0v) is 14.8. The van der Waals surface area contributed by atoms with Crippen molar-refractivity contribution in [2.75, 3.05) is 0 Å². The molecule has 0 bridgehead atoms. The van der Waals surface area contributed by atoms with E-state index in [1.54, 1.807) is 11.3 Å². The van der Waals surface area contributed by atoms with Crippen molar-refractivity contribution in [2.24, 2.45) is 5.10 Å². The van der Waals surface area contributed by atoms with E-state index in [4.69, 9.17) is 12.2 Å².